The summed E-state index contributed by atoms with van der Waals surface area (Å²) >= 11 is 0. The van der Waals surface area contributed by atoms with Crippen LogP contribution in [0.15, 0.2) is 54.6 Å². The highest BCUT2D eigenvalue weighted by molar-refractivity contribution is 5.31. The minimum atomic E-state index is -0.777. The van der Waals surface area contributed by atoms with Gasteiger partial charge in [0.15, 0.2) is 0 Å². The minimum absolute atomic E-state index is 0.292. The van der Waals surface area contributed by atoms with Gasteiger partial charge in [0.05, 0.1) is 0 Å². The summed E-state index contributed by atoms with van der Waals surface area (Å²) in [6, 6.07) is 17.5. The summed E-state index contributed by atoms with van der Waals surface area (Å²) in [4.78, 5) is 0. The van der Waals surface area contributed by atoms with Crippen molar-refractivity contribution in [1.82, 2.24) is 0 Å². The number of aliphatic hydroxyl groups is 1. The third kappa shape index (κ3) is 4.71. The van der Waals surface area contributed by atoms with Gasteiger partial charge in [-0.3, -0.25) is 0 Å². The van der Waals surface area contributed by atoms with Gasteiger partial charge in [-0.1, -0.05) is 30.3 Å². The number of benzene rings is 2. The lowest BCUT2D eigenvalue weighted by Gasteiger charge is -2.31. The zero-order valence-electron chi connectivity index (χ0n) is 13.1. The van der Waals surface area contributed by atoms with Gasteiger partial charge in [0.25, 0.3) is 0 Å². The topological polar surface area (TPSA) is 47.9 Å². The van der Waals surface area contributed by atoms with Crippen LogP contribution >= 0.6 is 0 Å². The number of hydrogen-bond acceptors (Lipinski definition) is 4. The summed E-state index contributed by atoms with van der Waals surface area (Å²) in [6.45, 7) is 2.01. The van der Waals surface area contributed by atoms with Gasteiger partial charge >= 0.3 is 0 Å². The molecule has 0 aliphatic carbocycles. The van der Waals surface area contributed by atoms with E-state index in [2.05, 4.69) is 0 Å². The van der Waals surface area contributed by atoms with Crippen LogP contribution in [0.25, 0.3) is 0 Å². The molecule has 3 rings (SSSR count). The van der Waals surface area contributed by atoms with E-state index in [9.17, 15) is 5.11 Å². The van der Waals surface area contributed by atoms with Crippen LogP contribution in [0.3, 0.4) is 0 Å². The van der Waals surface area contributed by atoms with Crippen molar-refractivity contribution in [1.29, 1.82) is 0 Å². The monoisotopic (exact) mass is 314 g/mol. The SMILES string of the molecule is OC1(COc2ccc(OCc3ccccc3)cc2)CCOCC1. The first-order valence-corrected chi connectivity index (χ1v) is 7.93. The van der Waals surface area contributed by atoms with E-state index in [1.165, 1.54) is 0 Å². The normalized spacial score (nSPS) is 16.7. The molecule has 1 saturated heterocycles. The van der Waals surface area contributed by atoms with Gasteiger partial charge < -0.3 is 19.3 Å². The first-order valence-electron chi connectivity index (χ1n) is 7.93. The minimum Gasteiger partial charge on any atom is -0.491 e. The highest BCUT2D eigenvalue weighted by atomic mass is 16.5. The van der Waals surface area contributed by atoms with Crippen LogP contribution in [0.2, 0.25) is 0 Å². The summed E-state index contributed by atoms with van der Waals surface area (Å²) < 4.78 is 16.7. The summed E-state index contributed by atoms with van der Waals surface area (Å²) in [5.41, 5.74) is 0.357. The van der Waals surface area contributed by atoms with Gasteiger partial charge in [-0.25, -0.2) is 0 Å². The smallest absolute Gasteiger partial charge is 0.120 e. The van der Waals surface area contributed by atoms with E-state index in [4.69, 9.17) is 14.2 Å². The van der Waals surface area contributed by atoms with Crippen molar-refractivity contribution in [3.63, 3.8) is 0 Å². The molecular weight excluding hydrogens is 292 g/mol. The molecule has 0 bridgehead atoms. The average molecular weight is 314 g/mol. The Morgan fingerprint density at radius 1 is 0.870 bits per heavy atom. The lowest BCUT2D eigenvalue weighted by atomic mass is 9.96. The van der Waals surface area contributed by atoms with Gasteiger partial charge in [0.1, 0.15) is 30.3 Å². The molecule has 1 aliphatic rings. The van der Waals surface area contributed by atoms with Crippen molar-refractivity contribution < 1.29 is 19.3 Å². The van der Waals surface area contributed by atoms with Crippen LogP contribution in [-0.2, 0) is 11.3 Å². The standard InChI is InChI=1S/C19H22O4/c20-19(10-12-21-13-11-19)15-23-18-8-6-17(7-9-18)22-14-16-4-2-1-3-5-16/h1-9,20H,10-15H2. The van der Waals surface area contributed by atoms with Gasteiger partial charge in [0.2, 0.25) is 0 Å². The van der Waals surface area contributed by atoms with Crippen molar-refractivity contribution in [2.45, 2.75) is 25.0 Å². The molecule has 0 aromatic heterocycles. The van der Waals surface area contributed by atoms with Crippen molar-refractivity contribution in [2.75, 3.05) is 19.8 Å². The molecule has 0 radical (unpaired) electrons. The molecule has 0 saturated carbocycles. The number of ether oxygens (including phenoxy) is 3. The third-order valence-corrected chi connectivity index (χ3v) is 4.00. The first kappa shape index (κ1) is 15.8. The second-order valence-corrected chi connectivity index (χ2v) is 5.87. The Kier molecular flexibility index (Phi) is 5.16. The molecule has 2 aromatic carbocycles. The molecule has 0 atom stereocenters. The second-order valence-electron chi connectivity index (χ2n) is 5.87. The second kappa shape index (κ2) is 7.49. The Morgan fingerprint density at radius 3 is 2.13 bits per heavy atom. The Hall–Kier alpha value is -2.04. The summed E-state index contributed by atoms with van der Waals surface area (Å²) in [7, 11) is 0. The summed E-state index contributed by atoms with van der Waals surface area (Å²) in [5.74, 6) is 1.53. The van der Waals surface area contributed by atoms with Crippen molar-refractivity contribution in [2.24, 2.45) is 0 Å². The number of hydrogen-bond donors (Lipinski definition) is 1. The maximum atomic E-state index is 10.4. The maximum absolute atomic E-state index is 10.4. The van der Waals surface area contributed by atoms with Crippen molar-refractivity contribution in [3.05, 3.63) is 60.2 Å². The molecule has 4 nitrogen and oxygen atoms in total. The van der Waals surface area contributed by atoms with Crippen LogP contribution < -0.4 is 9.47 Å². The van der Waals surface area contributed by atoms with Crippen molar-refractivity contribution >= 4 is 0 Å². The van der Waals surface area contributed by atoms with E-state index in [0.717, 1.165) is 17.1 Å². The first-order chi connectivity index (χ1) is 11.2. The van der Waals surface area contributed by atoms with Crippen LogP contribution in [-0.4, -0.2) is 30.5 Å². The predicted octanol–water partition coefficient (Wildman–Crippen LogP) is 3.19. The van der Waals surface area contributed by atoms with Gasteiger partial charge in [-0.05, 0) is 29.8 Å². The molecule has 1 heterocycles. The van der Waals surface area contributed by atoms with Crippen molar-refractivity contribution in [3.8, 4) is 11.5 Å². The van der Waals surface area contributed by atoms with Gasteiger partial charge in [0, 0.05) is 26.1 Å². The molecule has 1 aliphatic heterocycles. The van der Waals surface area contributed by atoms with E-state index in [1.807, 2.05) is 54.6 Å². The summed E-state index contributed by atoms with van der Waals surface area (Å²) in [5, 5.41) is 10.4. The number of rotatable bonds is 6. The molecule has 2 aromatic rings. The lowest BCUT2D eigenvalue weighted by Crippen LogP contribution is -2.41. The quantitative estimate of drug-likeness (QED) is 0.889. The lowest BCUT2D eigenvalue weighted by molar-refractivity contribution is -0.0855. The molecule has 1 N–H and O–H groups in total. The molecule has 0 amide bonds. The van der Waals surface area contributed by atoms with E-state index in [-0.39, 0.29) is 0 Å². The van der Waals surface area contributed by atoms with E-state index in [0.29, 0.717) is 39.3 Å². The molecular formula is C19H22O4. The van der Waals surface area contributed by atoms with Gasteiger partial charge in [-0.15, -0.1) is 0 Å². The molecule has 122 valence electrons. The fourth-order valence-electron chi connectivity index (χ4n) is 2.49. The highest BCUT2D eigenvalue weighted by Gasteiger charge is 2.30. The highest BCUT2D eigenvalue weighted by Crippen LogP contribution is 2.24. The third-order valence-electron chi connectivity index (χ3n) is 4.00. The van der Waals surface area contributed by atoms with E-state index < -0.39 is 5.60 Å². The fraction of sp³-hybridized carbons (Fsp3) is 0.368. The Balaban J connectivity index is 1.49. The largest absolute Gasteiger partial charge is 0.491 e. The van der Waals surface area contributed by atoms with Gasteiger partial charge in [-0.2, -0.15) is 0 Å². The summed E-state index contributed by atoms with van der Waals surface area (Å²) in [6.07, 6.45) is 1.23. The fourth-order valence-corrected chi connectivity index (χ4v) is 2.49. The zero-order chi connectivity index (χ0) is 16.0. The molecule has 1 fully saturated rings. The van der Waals surface area contributed by atoms with E-state index in [1.54, 1.807) is 0 Å². The zero-order valence-corrected chi connectivity index (χ0v) is 13.1. The molecule has 0 spiro atoms. The average Bonchev–Trinajstić information content (AvgIpc) is 2.61. The van der Waals surface area contributed by atoms with Crippen LogP contribution in [0.4, 0.5) is 0 Å². The Bertz CT molecular complexity index is 589. The maximum Gasteiger partial charge on any atom is 0.120 e. The predicted molar refractivity (Wildman–Crippen MR) is 87.7 cm³/mol. The van der Waals surface area contributed by atoms with Crippen LogP contribution in [0.5, 0.6) is 11.5 Å². The molecule has 4 heteroatoms. The Morgan fingerprint density at radius 2 is 1.48 bits per heavy atom. The van der Waals surface area contributed by atoms with Crippen LogP contribution in [0, 0.1) is 0 Å². The van der Waals surface area contributed by atoms with E-state index >= 15 is 0 Å². The Labute approximate surface area is 136 Å². The molecule has 23 heavy (non-hydrogen) atoms. The van der Waals surface area contributed by atoms with Crippen LogP contribution in [0.1, 0.15) is 18.4 Å². The molecule has 0 unspecified atom stereocenters.